The lowest BCUT2D eigenvalue weighted by Crippen LogP contribution is -2.25. The molecule has 0 aliphatic heterocycles. The summed E-state index contributed by atoms with van der Waals surface area (Å²) in [6.45, 7) is 0.781. The van der Waals surface area contributed by atoms with E-state index in [1.807, 2.05) is 0 Å². The van der Waals surface area contributed by atoms with Crippen LogP contribution in [0.4, 0.5) is 13.2 Å². The molecule has 3 rings (SSSR count). The molecule has 3 aromatic rings. The van der Waals surface area contributed by atoms with E-state index < -0.39 is 21.8 Å². The highest BCUT2D eigenvalue weighted by atomic mass is 35.5. The minimum Gasteiger partial charge on any atom is -0.491 e. The molecule has 194 valence electrons. The largest absolute Gasteiger partial charge is 0.491 e. The van der Waals surface area contributed by atoms with Crippen molar-refractivity contribution in [2.45, 2.75) is 23.9 Å². The first-order chi connectivity index (χ1) is 17.1. The van der Waals surface area contributed by atoms with E-state index >= 15 is 0 Å². The SMILES string of the molecule is COCCOc1ccc(CCCNS(=O)(=O)c2ccccc2)c(Oc2ncc(C(F)(F)F)cc2Cl)c1. The van der Waals surface area contributed by atoms with Crippen LogP contribution in [-0.4, -0.2) is 40.3 Å². The number of aromatic nitrogens is 1. The summed E-state index contributed by atoms with van der Waals surface area (Å²) in [5, 5.41) is -0.308. The number of halogens is 4. The van der Waals surface area contributed by atoms with Gasteiger partial charge in [0.05, 0.1) is 17.1 Å². The maximum atomic E-state index is 12.9. The lowest BCUT2D eigenvalue weighted by Gasteiger charge is -2.15. The molecule has 0 aliphatic rings. The van der Waals surface area contributed by atoms with Crippen molar-refractivity contribution in [2.24, 2.45) is 0 Å². The van der Waals surface area contributed by atoms with Crippen LogP contribution < -0.4 is 14.2 Å². The molecule has 1 heterocycles. The number of hydrogen-bond acceptors (Lipinski definition) is 6. The van der Waals surface area contributed by atoms with Crippen molar-refractivity contribution >= 4 is 21.6 Å². The monoisotopic (exact) mass is 544 g/mol. The molecule has 0 saturated carbocycles. The maximum absolute atomic E-state index is 12.9. The van der Waals surface area contributed by atoms with Gasteiger partial charge in [-0.3, -0.25) is 0 Å². The van der Waals surface area contributed by atoms with E-state index in [1.165, 1.54) is 19.2 Å². The second-order valence-electron chi connectivity index (χ2n) is 7.54. The molecule has 0 fully saturated rings. The molecular weight excluding hydrogens is 521 g/mol. The Kier molecular flexibility index (Phi) is 9.55. The fourth-order valence-electron chi connectivity index (χ4n) is 3.10. The van der Waals surface area contributed by atoms with E-state index in [0.717, 1.165) is 6.07 Å². The fraction of sp³-hybridized carbons (Fsp3) is 0.292. The van der Waals surface area contributed by atoms with Crippen LogP contribution in [0.5, 0.6) is 17.4 Å². The van der Waals surface area contributed by atoms with Crippen LogP contribution in [0.1, 0.15) is 17.5 Å². The van der Waals surface area contributed by atoms with Crippen molar-refractivity contribution in [1.82, 2.24) is 9.71 Å². The van der Waals surface area contributed by atoms with Gasteiger partial charge in [-0.15, -0.1) is 0 Å². The number of nitrogens with one attached hydrogen (secondary N) is 1. The van der Waals surface area contributed by atoms with Crippen molar-refractivity contribution in [1.29, 1.82) is 0 Å². The number of alkyl halides is 3. The van der Waals surface area contributed by atoms with Gasteiger partial charge in [0.25, 0.3) is 0 Å². The third-order valence-corrected chi connectivity index (χ3v) is 6.65. The number of hydrogen-bond donors (Lipinski definition) is 1. The van der Waals surface area contributed by atoms with Crippen LogP contribution in [0.25, 0.3) is 0 Å². The number of rotatable bonds is 12. The van der Waals surface area contributed by atoms with Crippen LogP contribution in [0.15, 0.2) is 65.7 Å². The van der Waals surface area contributed by atoms with Crippen molar-refractivity contribution in [3.63, 3.8) is 0 Å². The standard InChI is InChI=1S/C24H24ClF3N2O5S/c1-33-12-13-34-19-10-9-17(6-5-11-30-36(31,32)20-7-3-2-4-8-20)22(15-19)35-23-21(25)14-18(16-29-23)24(26,27)28/h2-4,7-10,14-16,30H,5-6,11-13H2,1H3. The fourth-order valence-corrected chi connectivity index (χ4v) is 4.40. The number of aryl methyl sites for hydroxylation is 1. The molecule has 1 N–H and O–H groups in total. The predicted molar refractivity (Wildman–Crippen MR) is 128 cm³/mol. The lowest BCUT2D eigenvalue weighted by atomic mass is 10.1. The molecular formula is C24H24ClF3N2O5S. The molecule has 1 aromatic heterocycles. The molecule has 0 radical (unpaired) electrons. The Morgan fingerprint density at radius 3 is 2.47 bits per heavy atom. The van der Waals surface area contributed by atoms with Gasteiger partial charge in [-0.25, -0.2) is 18.1 Å². The Labute approximate surface area is 212 Å². The van der Waals surface area contributed by atoms with E-state index in [0.29, 0.717) is 37.0 Å². The van der Waals surface area contributed by atoms with Gasteiger partial charge in [0.15, 0.2) is 0 Å². The quantitative estimate of drug-likeness (QED) is 0.304. The zero-order chi connectivity index (χ0) is 26.2. The highest BCUT2D eigenvalue weighted by Crippen LogP contribution is 2.36. The van der Waals surface area contributed by atoms with E-state index in [9.17, 15) is 21.6 Å². The van der Waals surface area contributed by atoms with Gasteiger partial charge in [0.1, 0.15) is 23.1 Å². The minimum absolute atomic E-state index is 0.155. The number of pyridine rings is 1. The highest BCUT2D eigenvalue weighted by molar-refractivity contribution is 7.89. The number of methoxy groups -OCH3 is 1. The van der Waals surface area contributed by atoms with Gasteiger partial charge in [-0.05, 0) is 42.7 Å². The normalized spacial score (nSPS) is 11.9. The van der Waals surface area contributed by atoms with Crippen molar-refractivity contribution in [2.75, 3.05) is 26.9 Å². The molecule has 2 aromatic carbocycles. The second-order valence-corrected chi connectivity index (χ2v) is 9.71. The molecule has 0 bridgehead atoms. The number of ether oxygens (including phenoxy) is 3. The van der Waals surface area contributed by atoms with Crippen molar-refractivity contribution < 1.29 is 35.8 Å². The highest BCUT2D eigenvalue weighted by Gasteiger charge is 2.32. The topological polar surface area (TPSA) is 86.8 Å². The summed E-state index contributed by atoms with van der Waals surface area (Å²) in [7, 11) is -2.11. The summed E-state index contributed by atoms with van der Waals surface area (Å²) >= 11 is 6.00. The lowest BCUT2D eigenvalue weighted by molar-refractivity contribution is -0.137. The summed E-state index contributed by atoms with van der Waals surface area (Å²) in [6, 6.07) is 13.7. The summed E-state index contributed by atoms with van der Waals surface area (Å²) in [5.41, 5.74) is -0.340. The maximum Gasteiger partial charge on any atom is 0.417 e. The number of benzene rings is 2. The summed E-state index contributed by atoms with van der Waals surface area (Å²) < 4.78 is 82.5. The molecule has 36 heavy (non-hydrogen) atoms. The molecule has 0 amide bonds. The van der Waals surface area contributed by atoms with E-state index in [4.69, 9.17) is 25.8 Å². The van der Waals surface area contributed by atoms with Gasteiger partial charge >= 0.3 is 6.18 Å². The third kappa shape index (κ3) is 7.82. The van der Waals surface area contributed by atoms with Gasteiger partial charge in [-0.2, -0.15) is 13.2 Å². The first-order valence-corrected chi connectivity index (χ1v) is 12.7. The smallest absolute Gasteiger partial charge is 0.417 e. The molecule has 12 heteroatoms. The summed E-state index contributed by atoms with van der Waals surface area (Å²) in [4.78, 5) is 3.88. The number of nitrogens with zero attached hydrogens (tertiary/aromatic N) is 1. The van der Waals surface area contributed by atoms with Crippen LogP contribution in [0.2, 0.25) is 5.02 Å². The summed E-state index contributed by atoms with van der Waals surface area (Å²) in [6.07, 6.45) is -3.15. The van der Waals surface area contributed by atoms with Crippen LogP contribution in [0, 0.1) is 0 Å². The average molecular weight is 545 g/mol. The van der Waals surface area contributed by atoms with E-state index in [-0.39, 0.29) is 34.7 Å². The van der Waals surface area contributed by atoms with E-state index in [1.54, 1.807) is 36.4 Å². The second kappa shape index (κ2) is 12.4. The zero-order valence-electron chi connectivity index (χ0n) is 19.2. The third-order valence-electron chi connectivity index (χ3n) is 4.90. The molecule has 0 aliphatic carbocycles. The first-order valence-electron chi connectivity index (χ1n) is 10.8. The van der Waals surface area contributed by atoms with Crippen LogP contribution >= 0.6 is 11.6 Å². The van der Waals surface area contributed by atoms with Gasteiger partial charge in [-0.1, -0.05) is 35.9 Å². The van der Waals surface area contributed by atoms with Crippen LogP contribution in [-0.2, 0) is 27.4 Å². The molecule has 0 spiro atoms. The van der Waals surface area contributed by atoms with Gasteiger partial charge in [0.2, 0.25) is 15.9 Å². The Balaban J connectivity index is 1.74. The van der Waals surface area contributed by atoms with Crippen LogP contribution in [0.3, 0.4) is 0 Å². The summed E-state index contributed by atoms with van der Waals surface area (Å²) in [5.74, 6) is 0.508. The molecule has 0 atom stereocenters. The zero-order valence-corrected chi connectivity index (χ0v) is 20.8. The molecule has 0 saturated heterocycles. The van der Waals surface area contributed by atoms with Crippen molar-refractivity contribution in [3.8, 4) is 17.4 Å². The molecule has 7 nitrogen and oxygen atoms in total. The van der Waals surface area contributed by atoms with E-state index in [2.05, 4.69) is 9.71 Å². The molecule has 0 unspecified atom stereocenters. The Morgan fingerprint density at radius 2 is 1.81 bits per heavy atom. The predicted octanol–water partition coefficient (Wildman–Crippen LogP) is 5.48. The van der Waals surface area contributed by atoms with Gasteiger partial charge in [0, 0.05) is 25.9 Å². The Hall–Kier alpha value is -2.86. The Morgan fingerprint density at radius 1 is 1.06 bits per heavy atom. The van der Waals surface area contributed by atoms with Crippen molar-refractivity contribution in [3.05, 3.63) is 76.9 Å². The minimum atomic E-state index is -4.59. The Bertz CT molecular complexity index is 1260. The first kappa shape index (κ1) is 27.7. The van der Waals surface area contributed by atoms with Gasteiger partial charge < -0.3 is 14.2 Å². The number of sulfonamides is 1. The average Bonchev–Trinajstić information content (AvgIpc) is 2.84.